The second-order valence-electron chi connectivity index (χ2n) is 5.64. The van der Waals surface area contributed by atoms with Crippen LogP contribution in [0.25, 0.3) is 6.08 Å². The molecule has 0 aliphatic heterocycles. The molecular formula is C17H19NO2S. The van der Waals surface area contributed by atoms with Crippen molar-refractivity contribution in [2.75, 3.05) is 0 Å². The predicted molar refractivity (Wildman–Crippen MR) is 85.1 cm³/mol. The zero-order valence-corrected chi connectivity index (χ0v) is 13.0. The summed E-state index contributed by atoms with van der Waals surface area (Å²) in [5.41, 5.74) is 0. The Morgan fingerprint density at radius 1 is 1.48 bits per heavy atom. The van der Waals surface area contributed by atoms with Crippen LogP contribution in [0.3, 0.4) is 0 Å². The first-order valence-electron chi connectivity index (χ1n) is 7.25. The van der Waals surface area contributed by atoms with Gasteiger partial charge in [-0.1, -0.05) is 13.0 Å². The average Bonchev–Trinajstić information content (AvgIpc) is 2.93. The van der Waals surface area contributed by atoms with E-state index in [1.54, 1.807) is 17.4 Å². The molecule has 110 valence electrons. The molecule has 1 aliphatic rings. The summed E-state index contributed by atoms with van der Waals surface area (Å²) in [7, 11) is 0. The topological polar surface area (TPSA) is 42.2 Å². The minimum atomic E-state index is -0.103. The van der Waals surface area contributed by atoms with Crippen LogP contribution in [0.2, 0.25) is 0 Å². The summed E-state index contributed by atoms with van der Waals surface area (Å²) in [5, 5.41) is 4.96. The summed E-state index contributed by atoms with van der Waals surface area (Å²) >= 11 is 1.64. The molecule has 3 atom stereocenters. The molecule has 1 N–H and O–H groups in total. The van der Waals surface area contributed by atoms with Crippen molar-refractivity contribution in [3.63, 3.8) is 0 Å². The predicted octanol–water partition coefficient (Wildman–Crippen LogP) is 4.36. The van der Waals surface area contributed by atoms with E-state index >= 15 is 0 Å². The van der Waals surface area contributed by atoms with Crippen molar-refractivity contribution in [1.82, 2.24) is 5.32 Å². The molecule has 21 heavy (non-hydrogen) atoms. The highest BCUT2D eigenvalue weighted by molar-refractivity contribution is 7.10. The van der Waals surface area contributed by atoms with E-state index in [1.807, 2.05) is 36.6 Å². The minimum Gasteiger partial charge on any atom is -0.461 e. The molecule has 3 nitrogen and oxygen atoms in total. The second kappa shape index (κ2) is 5.90. The van der Waals surface area contributed by atoms with Crippen molar-refractivity contribution >= 4 is 23.3 Å². The SMILES string of the molecule is C[C@H](NC(=O)/C=C/c1ccc([C@@H]2C[C@H]2C)o1)c1cccs1. The molecule has 2 aromatic rings. The van der Waals surface area contributed by atoms with Crippen molar-refractivity contribution < 1.29 is 9.21 Å². The molecule has 1 amide bonds. The van der Waals surface area contributed by atoms with Gasteiger partial charge in [0.15, 0.2) is 0 Å². The van der Waals surface area contributed by atoms with Crippen molar-refractivity contribution in [3.8, 4) is 0 Å². The molecule has 4 heteroatoms. The Morgan fingerprint density at radius 3 is 2.95 bits per heavy atom. The number of furan rings is 1. The van der Waals surface area contributed by atoms with Gasteiger partial charge in [0, 0.05) is 16.9 Å². The van der Waals surface area contributed by atoms with E-state index in [4.69, 9.17) is 4.42 Å². The maximum absolute atomic E-state index is 11.9. The highest BCUT2D eigenvalue weighted by Crippen LogP contribution is 2.47. The summed E-state index contributed by atoms with van der Waals surface area (Å²) in [6.07, 6.45) is 4.46. The van der Waals surface area contributed by atoms with Crippen LogP contribution in [-0.2, 0) is 4.79 Å². The molecule has 0 radical (unpaired) electrons. The van der Waals surface area contributed by atoms with Crippen LogP contribution >= 0.6 is 11.3 Å². The van der Waals surface area contributed by atoms with Gasteiger partial charge in [-0.25, -0.2) is 0 Å². The van der Waals surface area contributed by atoms with Crippen LogP contribution < -0.4 is 5.32 Å². The van der Waals surface area contributed by atoms with Gasteiger partial charge in [0.25, 0.3) is 0 Å². The standard InChI is InChI=1S/C17H19NO2S/c1-11-10-14(11)15-7-5-13(20-15)6-8-17(19)18-12(2)16-4-3-9-21-16/h3-9,11-12,14H,10H2,1-2H3,(H,18,19)/b8-6+/t11-,12+,14-/m1/s1. The van der Waals surface area contributed by atoms with Crippen LogP contribution in [0.5, 0.6) is 0 Å². The quantitative estimate of drug-likeness (QED) is 0.834. The lowest BCUT2D eigenvalue weighted by molar-refractivity contribution is -0.117. The number of thiophene rings is 1. The van der Waals surface area contributed by atoms with E-state index < -0.39 is 0 Å². The Kier molecular flexibility index (Phi) is 3.97. The fraction of sp³-hybridized carbons (Fsp3) is 0.353. The van der Waals surface area contributed by atoms with E-state index in [0.717, 1.165) is 22.3 Å². The van der Waals surface area contributed by atoms with E-state index in [2.05, 4.69) is 12.2 Å². The molecule has 1 aliphatic carbocycles. The maximum atomic E-state index is 11.9. The Labute approximate surface area is 128 Å². The molecule has 0 aromatic carbocycles. The van der Waals surface area contributed by atoms with Gasteiger partial charge < -0.3 is 9.73 Å². The van der Waals surface area contributed by atoms with Crippen molar-refractivity contribution in [2.45, 2.75) is 32.2 Å². The van der Waals surface area contributed by atoms with E-state index in [-0.39, 0.29) is 11.9 Å². The maximum Gasteiger partial charge on any atom is 0.244 e. The van der Waals surface area contributed by atoms with E-state index in [1.165, 1.54) is 12.5 Å². The summed E-state index contributed by atoms with van der Waals surface area (Å²) in [5.74, 6) is 2.97. The lowest BCUT2D eigenvalue weighted by atomic mass is 10.2. The third kappa shape index (κ3) is 3.45. The molecule has 2 aromatic heterocycles. The van der Waals surface area contributed by atoms with Crippen LogP contribution in [0.15, 0.2) is 40.1 Å². The number of hydrogen-bond donors (Lipinski definition) is 1. The molecule has 1 saturated carbocycles. The average molecular weight is 301 g/mol. The molecule has 0 saturated heterocycles. The largest absolute Gasteiger partial charge is 0.461 e. The molecule has 3 rings (SSSR count). The smallest absolute Gasteiger partial charge is 0.244 e. The molecule has 2 heterocycles. The van der Waals surface area contributed by atoms with Crippen LogP contribution in [0.4, 0.5) is 0 Å². The van der Waals surface area contributed by atoms with Crippen LogP contribution in [0, 0.1) is 5.92 Å². The van der Waals surface area contributed by atoms with Gasteiger partial charge in [0.1, 0.15) is 11.5 Å². The van der Waals surface area contributed by atoms with Gasteiger partial charge in [-0.3, -0.25) is 4.79 Å². The van der Waals surface area contributed by atoms with Gasteiger partial charge in [0.05, 0.1) is 6.04 Å². The van der Waals surface area contributed by atoms with Crippen LogP contribution in [0.1, 0.15) is 48.6 Å². The number of hydrogen-bond acceptors (Lipinski definition) is 3. The van der Waals surface area contributed by atoms with Gasteiger partial charge in [-0.05, 0) is 48.9 Å². The Bertz CT molecular complexity index is 642. The first kappa shape index (κ1) is 14.1. The van der Waals surface area contributed by atoms with Gasteiger partial charge in [-0.2, -0.15) is 0 Å². The van der Waals surface area contributed by atoms with Crippen molar-refractivity contribution in [3.05, 3.63) is 52.1 Å². The molecule has 0 bridgehead atoms. The number of rotatable bonds is 5. The molecule has 0 spiro atoms. The number of carbonyl (C=O) groups excluding carboxylic acids is 1. The zero-order valence-electron chi connectivity index (χ0n) is 12.2. The number of carbonyl (C=O) groups is 1. The van der Waals surface area contributed by atoms with Gasteiger partial charge >= 0.3 is 0 Å². The summed E-state index contributed by atoms with van der Waals surface area (Å²) < 4.78 is 5.74. The lowest BCUT2D eigenvalue weighted by Gasteiger charge is -2.09. The third-order valence-corrected chi connectivity index (χ3v) is 4.91. The first-order chi connectivity index (χ1) is 10.1. The highest BCUT2D eigenvalue weighted by Gasteiger charge is 2.36. The van der Waals surface area contributed by atoms with E-state index in [0.29, 0.717) is 5.92 Å². The normalized spacial score (nSPS) is 22.4. The monoisotopic (exact) mass is 301 g/mol. The third-order valence-electron chi connectivity index (χ3n) is 3.85. The molecule has 1 fully saturated rings. The summed E-state index contributed by atoms with van der Waals surface area (Å²) in [6, 6.07) is 7.98. The van der Waals surface area contributed by atoms with Gasteiger partial charge in [0.2, 0.25) is 5.91 Å². The number of nitrogens with one attached hydrogen (secondary N) is 1. The van der Waals surface area contributed by atoms with E-state index in [9.17, 15) is 4.79 Å². The highest BCUT2D eigenvalue weighted by atomic mass is 32.1. The van der Waals surface area contributed by atoms with Gasteiger partial charge in [-0.15, -0.1) is 11.3 Å². The Hall–Kier alpha value is -1.81. The summed E-state index contributed by atoms with van der Waals surface area (Å²) in [6.45, 7) is 4.21. The fourth-order valence-corrected chi connectivity index (χ4v) is 3.14. The Balaban J connectivity index is 1.55. The minimum absolute atomic E-state index is 0.0293. The van der Waals surface area contributed by atoms with Crippen molar-refractivity contribution in [2.24, 2.45) is 5.92 Å². The van der Waals surface area contributed by atoms with Crippen LogP contribution in [-0.4, -0.2) is 5.91 Å². The Morgan fingerprint density at radius 2 is 2.29 bits per heavy atom. The first-order valence-corrected chi connectivity index (χ1v) is 8.13. The number of amides is 1. The molecular weight excluding hydrogens is 282 g/mol. The summed E-state index contributed by atoms with van der Waals surface area (Å²) in [4.78, 5) is 13.0. The fourth-order valence-electron chi connectivity index (χ4n) is 2.40. The molecule has 0 unspecified atom stereocenters. The lowest BCUT2D eigenvalue weighted by Crippen LogP contribution is -2.23. The zero-order chi connectivity index (χ0) is 14.8. The second-order valence-corrected chi connectivity index (χ2v) is 6.62. The van der Waals surface area contributed by atoms with Crippen molar-refractivity contribution in [1.29, 1.82) is 0 Å².